The largest absolute Gasteiger partial charge is 0.355 e. The number of anilines is 1. The van der Waals surface area contributed by atoms with Gasteiger partial charge < -0.3 is 10.2 Å². The van der Waals surface area contributed by atoms with Gasteiger partial charge in [0.25, 0.3) is 5.91 Å². The molecule has 0 radical (unpaired) electrons. The molecule has 2 aromatic carbocycles. The smallest absolute Gasteiger partial charge is 0.251 e. The number of rotatable bonds is 9. The summed E-state index contributed by atoms with van der Waals surface area (Å²) in [6.07, 6.45) is 1.71. The zero-order valence-electron chi connectivity index (χ0n) is 18.7. The van der Waals surface area contributed by atoms with Crippen LogP contribution in [0, 0.1) is 0 Å². The fraction of sp³-hybridized carbons (Fsp3) is 0.154. The monoisotopic (exact) mass is 489 g/mol. The molecule has 4 aromatic rings. The first-order valence-corrected chi connectivity index (χ1v) is 12.1. The third-order valence-corrected chi connectivity index (χ3v) is 6.14. The SMILES string of the molecule is CN(Cc1ccccc1)c1cc(Cl)nc(SCc2cccc(C(=O)NCc3ccccn3)c2)n1. The molecule has 1 N–H and O–H groups in total. The van der Waals surface area contributed by atoms with E-state index in [1.54, 1.807) is 18.3 Å². The Labute approximate surface area is 208 Å². The molecule has 0 aliphatic carbocycles. The molecule has 0 saturated carbocycles. The number of carbonyl (C=O) groups excluding carboxylic acids is 1. The molecule has 8 heteroatoms. The second-order valence-corrected chi connectivity index (χ2v) is 9.00. The molecular weight excluding hydrogens is 466 g/mol. The molecule has 2 aromatic heterocycles. The lowest BCUT2D eigenvalue weighted by molar-refractivity contribution is 0.0950. The molecule has 2 heterocycles. The van der Waals surface area contributed by atoms with E-state index in [0.717, 1.165) is 17.1 Å². The second-order valence-electron chi connectivity index (χ2n) is 7.67. The van der Waals surface area contributed by atoms with Crippen molar-refractivity contribution in [3.63, 3.8) is 0 Å². The van der Waals surface area contributed by atoms with Gasteiger partial charge in [0.2, 0.25) is 0 Å². The van der Waals surface area contributed by atoms with E-state index in [1.807, 2.05) is 66.5 Å². The average molecular weight is 490 g/mol. The molecule has 0 aliphatic heterocycles. The molecule has 6 nitrogen and oxygen atoms in total. The fourth-order valence-corrected chi connectivity index (χ4v) is 4.33. The van der Waals surface area contributed by atoms with Crippen LogP contribution in [0.3, 0.4) is 0 Å². The predicted molar refractivity (Wildman–Crippen MR) is 137 cm³/mol. The van der Waals surface area contributed by atoms with Gasteiger partial charge in [0.05, 0.1) is 12.2 Å². The molecule has 172 valence electrons. The summed E-state index contributed by atoms with van der Waals surface area (Å²) >= 11 is 7.76. The summed E-state index contributed by atoms with van der Waals surface area (Å²) in [4.78, 5) is 27.9. The molecule has 34 heavy (non-hydrogen) atoms. The number of pyridine rings is 1. The highest BCUT2D eigenvalue weighted by molar-refractivity contribution is 7.98. The standard InChI is InChI=1S/C26H24ClN5OS/c1-32(17-19-8-3-2-4-9-19)24-15-23(27)30-26(31-24)34-18-20-10-7-11-21(14-20)25(33)29-16-22-12-5-6-13-28-22/h2-15H,16-18H2,1H3,(H,29,33). The van der Waals surface area contributed by atoms with Crippen LogP contribution < -0.4 is 10.2 Å². The Morgan fingerprint density at radius 2 is 1.76 bits per heavy atom. The molecule has 0 fully saturated rings. The maximum absolute atomic E-state index is 12.6. The Kier molecular flexibility index (Phi) is 8.12. The van der Waals surface area contributed by atoms with E-state index in [0.29, 0.717) is 34.7 Å². The summed E-state index contributed by atoms with van der Waals surface area (Å²) in [6.45, 7) is 1.10. The van der Waals surface area contributed by atoms with Crippen molar-refractivity contribution in [3.8, 4) is 0 Å². The minimum atomic E-state index is -0.138. The van der Waals surface area contributed by atoms with Crippen molar-refractivity contribution < 1.29 is 4.79 Å². The fourth-order valence-electron chi connectivity index (χ4n) is 3.31. The van der Waals surface area contributed by atoms with Crippen LogP contribution in [0.2, 0.25) is 5.15 Å². The van der Waals surface area contributed by atoms with Crippen molar-refractivity contribution in [1.29, 1.82) is 0 Å². The Hall–Kier alpha value is -3.42. The lowest BCUT2D eigenvalue weighted by Gasteiger charge is -2.19. The van der Waals surface area contributed by atoms with E-state index in [4.69, 9.17) is 11.6 Å². The number of amides is 1. The summed E-state index contributed by atoms with van der Waals surface area (Å²) in [5, 5.41) is 3.90. The first kappa shape index (κ1) is 23.7. The van der Waals surface area contributed by atoms with E-state index in [9.17, 15) is 4.79 Å². The topological polar surface area (TPSA) is 71.0 Å². The van der Waals surface area contributed by atoms with Crippen LogP contribution in [0.4, 0.5) is 5.82 Å². The van der Waals surface area contributed by atoms with E-state index in [-0.39, 0.29) is 5.91 Å². The quantitative estimate of drug-likeness (QED) is 0.193. The van der Waals surface area contributed by atoms with Crippen LogP contribution in [-0.4, -0.2) is 27.9 Å². The number of aromatic nitrogens is 3. The van der Waals surface area contributed by atoms with Crippen LogP contribution in [0.1, 0.15) is 27.2 Å². The van der Waals surface area contributed by atoms with Crippen LogP contribution in [-0.2, 0) is 18.8 Å². The third kappa shape index (κ3) is 6.79. The number of nitrogens with one attached hydrogen (secondary N) is 1. The second kappa shape index (κ2) is 11.6. The highest BCUT2D eigenvalue weighted by Crippen LogP contribution is 2.25. The Morgan fingerprint density at radius 3 is 2.56 bits per heavy atom. The maximum atomic E-state index is 12.6. The molecule has 0 saturated heterocycles. The number of nitrogens with zero attached hydrogens (tertiary/aromatic N) is 4. The van der Waals surface area contributed by atoms with Gasteiger partial charge in [0.1, 0.15) is 11.0 Å². The Morgan fingerprint density at radius 1 is 0.971 bits per heavy atom. The summed E-state index contributed by atoms with van der Waals surface area (Å²) in [5.41, 5.74) is 3.60. The van der Waals surface area contributed by atoms with Gasteiger partial charge in [-0.05, 0) is 35.4 Å². The third-order valence-electron chi connectivity index (χ3n) is 5.03. The van der Waals surface area contributed by atoms with Gasteiger partial charge >= 0.3 is 0 Å². The van der Waals surface area contributed by atoms with Crippen molar-refractivity contribution in [2.75, 3.05) is 11.9 Å². The van der Waals surface area contributed by atoms with Gasteiger partial charge in [0, 0.05) is 37.2 Å². The van der Waals surface area contributed by atoms with Gasteiger partial charge in [0.15, 0.2) is 5.16 Å². The number of halogens is 1. The summed E-state index contributed by atoms with van der Waals surface area (Å²) in [7, 11) is 1.98. The molecule has 0 spiro atoms. The van der Waals surface area contributed by atoms with Crippen molar-refractivity contribution in [3.05, 3.63) is 113 Å². The van der Waals surface area contributed by atoms with Gasteiger partial charge in [-0.15, -0.1) is 0 Å². The lowest BCUT2D eigenvalue weighted by atomic mass is 10.1. The van der Waals surface area contributed by atoms with Crippen molar-refractivity contribution in [2.24, 2.45) is 0 Å². The van der Waals surface area contributed by atoms with Crippen LogP contribution in [0.5, 0.6) is 0 Å². The molecule has 0 unspecified atom stereocenters. The molecule has 1 amide bonds. The molecule has 0 bridgehead atoms. The Balaban J connectivity index is 1.38. The summed E-state index contributed by atoms with van der Waals surface area (Å²) in [5.74, 6) is 1.24. The van der Waals surface area contributed by atoms with Crippen molar-refractivity contribution >= 4 is 35.1 Å². The molecule has 4 rings (SSSR count). The highest BCUT2D eigenvalue weighted by atomic mass is 35.5. The maximum Gasteiger partial charge on any atom is 0.251 e. The number of hydrogen-bond donors (Lipinski definition) is 1. The molecular formula is C26H24ClN5OS. The highest BCUT2D eigenvalue weighted by Gasteiger charge is 2.11. The van der Waals surface area contributed by atoms with E-state index >= 15 is 0 Å². The van der Waals surface area contributed by atoms with E-state index in [1.165, 1.54) is 17.3 Å². The Bertz CT molecular complexity index is 1240. The molecule has 0 atom stereocenters. The number of carbonyl (C=O) groups is 1. The van der Waals surface area contributed by atoms with Gasteiger partial charge in [-0.1, -0.05) is 71.9 Å². The first-order chi connectivity index (χ1) is 16.6. The van der Waals surface area contributed by atoms with Crippen LogP contribution >= 0.6 is 23.4 Å². The summed E-state index contributed by atoms with van der Waals surface area (Å²) in [6, 6.07) is 25.1. The number of thioether (sulfide) groups is 1. The zero-order chi connectivity index (χ0) is 23.8. The van der Waals surface area contributed by atoms with E-state index < -0.39 is 0 Å². The van der Waals surface area contributed by atoms with Crippen molar-refractivity contribution in [1.82, 2.24) is 20.3 Å². The minimum Gasteiger partial charge on any atom is -0.355 e. The average Bonchev–Trinajstić information content (AvgIpc) is 2.87. The number of hydrogen-bond acceptors (Lipinski definition) is 6. The van der Waals surface area contributed by atoms with Gasteiger partial charge in [-0.2, -0.15) is 0 Å². The predicted octanol–water partition coefficient (Wildman–Crippen LogP) is 5.38. The first-order valence-electron chi connectivity index (χ1n) is 10.8. The van der Waals surface area contributed by atoms with Gasteiger partial charge in [-0.3, -0.25) is 9.78 Å². The lowest BCUT2D eigenvalue weighted by Crippen LogP contribution is -2.23. The van der Waals surface area contributed by atoms with Crippen LogP contribution in [0.25, 0.3) is 0 Å². The van der Waals surface area contributed by atoms with Crippen molar-refractivity contribution in [2.45, 2.75) is 24.0 Å². The minimum absolute atomic E-state index is 0.138. The normalized spacial score (nSPS) is 10.6. The van der Waals surface area contributed by atoms with E-state index in [2.05, 4.69) is 32.4 Å². The summed E-state index contributed by atoms with van der Waals surface area (Å²) < 4.78 is 0. The van der Waals surface area contributed by atoms with Crippen LogP contribution in [0.15, 0.2) is 90.2 Å². The number of benzene rings is 2. The zero-order valence-corrected chi connectivity index (χ0v) is 20.3. The molecule has 0 aliphatic rings. The van der Waals surface area contributed by atoms with Gasteiger partial charge in [-0.25, -0.2) is 9.97 Å².